The lowest BCUT2D eigenvalue weighted by molar-refractivity contribution is -0.143. The van der Waals surface area contributed by atoms with Crippen molar-refractivity contribution in [3.63, 3.8) is 0 Å². The Bertz CT molecular complexity index is 502. The predicted molar refractivity (Wildman–Crippen MR) is 58.5 cm³/mol. The van der Waals surface area contributed by atoms with Crippen molar-refractivity contribution in [1.29, 1.82) is 0 Å². The van der Waals surface area contributed by atoms with Gasteiger partial charge in [0, 0.05) is 0 Å². The summed E-state index contributed by atoms with van der Waals surface area (Å²) in [5.41, 5.74) is -0.451. The van der Waals surface area contributed by atoms with E-state index >= 15 is 0 Å². The van der Waals surface area contributed by atoms with Gasteiger partial charge in [-0.05, 0) is 18.6 Å². The van der Waals surface area contributed by atoms with Gasteiger partial charge < -0.3 is 9.47 Å². The molecule has 1 rings (SSSR count). The van der Waals surface area contributed by atoms with Crippen LogP contribution in [0.2, 0.25) is 0 Å². The summed E-state index contributed by atoms with van der Waals surface area (Å²) in [7, 11) is 1.08. The van der Waals surface area contributed by atoms with Crippen molar-refractivity contribution >= 4 is 11.9 Å². The Balaban J connectivity index is 2.95. The van der Waals surface area contributed by atoms with E-state index in [0.29, 0.717) is 6.07 Å². The first-order valence-electron chi connectivity index (χ1n) is 5.33. The van der Waals surface area contributed by atoms with E-state index in [4.69, 9.17) is 0 Å². The Morgan fingerprint density at radius 1 is 1.32 bits per heavy atom. The molecule has 0 saturated heterocycles. The smallest absolute Gasteiger partial charge is 0.348 e. The molecule has 1 unspecified atom stereocenters. The molecule has 0 N–H and O–H groups in total. The van der Waals surface area contributed by atoms with Crippen molar-refractivity contribution in [2.45, 2.75) is 19.5 Å². The summed E-state index contributed by atoms with van der Waals surface area (Å²) in [6, 6.07) is 1.39. The van der Waals surface area contributed by atoms with Gasteiger partial charge in [0.15, 0.2) is 17.7 Å². The second-order valence-corrected chi connectivity index (χ2v) is 3.56. The third kappa shape index (κ3) is 3.46. The average Bonchev–Trinajstić information content (AvgIpc) is 2.40. The monoisotopic (exact) mass is 276 g/mol. The lowest BCUT2D eigenvalue weighted by Gasteiger charge is -2.07. The number of carbonyl (C=O) groups excluding carboxylic acids is 2. The minimum atomic E-state index is -1.95. The van der Waals surface area contributed by atoms with Crippen LogP contribution in [0.1, 0.15) is 23.7 Å². The zero-order valence-electron chi connectivity index (χ0n) is 10.2. The van der Waals surface area contributed by atoms with Crippen LogP contribution in [-0.2, 0) is 9.53 Å². The number of esters is 2. The summed E-state index contributed by atoms with van der Waals surface area (Å²) in [5.74, 6) is -5.80. The van der Waals surface area contributed by atoms with Gasteiger partial charge in [-0.1, -0.05) is 6.92 Å². The molecule has 0 fully saturated rings. The van der Waals surface area contributed by atoms with Crippen molar-refractivity contribution in [3.05, 3.63) is 29.3 Å². The van der Waals surface area contributed by atoms with Crippen LogP contribution in [-0.4, -0.2) is 25.2 Å². The largest absolute Gasteiger partial charge is 0.494 e. The third-order valence-corrected chi connectivity index (χ3v) is 2.26. The third-order valence-electron chi connectivity index (χ3n) is 2.26. The zero-order valence-corrected chi connectivity index (χ0v) is 10.2. The summed E-state index contributed by atoms with van der Waals surface area (Å²) in [6.07, 6.45) is -2.11. The maximum Gasteiger partial charge on any atom is 0.348 e. The fourth-order valence-corrected chi connectivity index (χ4v) is 1.21. The molecule has 7 heteroatoms. The van der Waals surface area contributed by atoms with Crippen LogP contribution in [0.3, 0.4) is 0 Å². The molecule has 0 spiro atoms. The standard InChI is InChI=1S/C12H11F3O4/c1-3-7(13)12(17)19-11(16)6-4-8(14)10(15)9(5-6)18-2/h4-5,7H,3H2,1-2H3. The first-order chi connectivity index (χ1) is 8.90. The Hall–Kier alpha value is -2.05. The SMILES string of the molecule is CCC(F)C(=O)OC(=O)c1cc(F)c(F)c(OC)c1. The molecule has 0 aliphatic heterocycles. The highest BCUT2D eigenvalue weighted by atomic mass is 19.2. The van der Waals surface area contributed by atoms with E-state index in [2.05, 4.69) is 9.47 Å². The van der Waals surface area contributed by atoms with Gasteiger partial charge in [-0.2, -0.15) is 4.39 Å². The summed E-state index contributed by atoms with van der Waals surface area (Å²) in [4.78, 5) is 22.5. The molecule has 1 aromatic rings. The van der Waals surface area contributed by atoms with E-state index in [1.165, 1.54) is 6.92 Å². The fourth-order valence-electron chi connectivity index (χ4n) is 1.21. The number of hydrogen-bond acceptors (Lipinski definition) is 4. The Morgan fingerprint density at radius 3 is 2.47 bits per heavy atom. The summed E-state index contributed by atoms with van der Waals surface area (Å²) < 4.78 is 47.8. The Labute approximate surface area is 107 Å². The van der Waals surface area contributed by atoms with Gasteiger partial charge in [0.2, 0.25) is 5.82 Å². The number of hydrogen-bond donors (Lipinski definition) is 0. The summed E-state index contributed by atoms with van der Waals surface area (Å²) in [5, 5.41) is 0. The van der Waals surface area contributed by atoms with Crippen LogP contribution in [0, 0.1) is 11.6 Å². The van der Waals surface area contributed by atoms with E-state index in [9.17, 15) is 22.8 Å². The lowest BCUT2D eigenvalue weighted by Crippen LogP contribution is -2.22. The topological polar surface area (TPSA) is 52.6 Å². The highest BCUT2D eigenvalue weighted by Gasteiger charge is 2.23. The predicted octanol–water partition coefficient (Wildman–Crippen LogP) is 2.40. The van der Waals surface area contributed by atoms with E-state index in [0.717, 1.165) is 13.2 Å². The minimum absolute atomic E-state index is 0.160. The van der Waals surface area contributed by atoms with Gasteiger partial charge in [0.25, 0.3) is 0 Å². The number of halogens is 3. The summed E-state index contributed by atoms with van der Waals surface area (Å²) >= 11 is 0. The van der Waals surface area contributed by atoms with Crippen LogP contribution in [0.4, 0.5) is 13.2 Å². The van der Waals surface area contributed by atoms with Crippen molar-refractivity contribution in [2.75, 3.05) is 7.11 Å². The molecule has 1 aromatic carbocycles. The maximum absolute atomic E-state index is 13.1. The molecule has 0 aromatic heterocycles. The second kappa shape index (κ2) is 6.21. The lowest BCUT2D eigenvalue weighted by atomic mass is 10.2. The van der Waals surface area contributed by atoms with Crippen molar-refractivity contribution in [2.24, 2.45) is 0 Å². The molecule has 19 heavy (non-hydrogen) atoms. The van der Waals surface area contributed by atoms with E-state index in [1.54, 1.807) is 0 Å². The van der Waals surface area contributed by atoms with Crippen LogP contribution < -0.4 is 4.74 Å². The zero-order chi connectivity index (χ0) is 14.6. The minimum Gasteiger partial charge on any atom is -0.494 e. The van der Waals surface area contributed by atoms with Crippen LogP contribution >= 0.6 is 0 Å². The number of methoxy groups -OCH3 is 1. The normalized spacial score (nSPS) is 11.8. The van der Waals surface area contributed by atoms with Crippen molar-refractivity contribution in [1.82, 2.24) is 0 Å². The number of alkyl halides is 1. The van der Waals surface area contributed by atoms with Crippen LogP contribution in [0.5, 0.6) is 5.75 Å². The second-order valence-electron chi connectivity index (χ2n) is 3.56. The highest BCUT2D eigenvalue weighted by Crippen LogP contribution is 2.22. The molecule has 0 radical (unpaired) electrons. The van der Waals surface area contributed by atoms with E-state index in [-0.39, 0.29) is 6.42 Å². The van der Waals surface area contributed by atoms with Gasteiger partial charge in [-0.3, -0.25) is 0 Å². The van der Waals surface area contributed by atoms with E-state index < -0.39 is 41.1 Å². The number of rotatable bonds is 4. The molecule has 4 nitrogen and oxygen atoms in total. The van der Waals surface area contributed by atoms with Gasteiger partial charge in [0.1, 0.15) is 0 Å². The molecular formula is C12H11F3O4. The first-order valence-corrected chi connectivity index (χ1v) is 5.33. The molecule has 0 bridgehead atoms. The van der Waals surface area contributed by atoms with Gasteiger partial charge in [-0.15, -0.1) is 0 Å². The van der Waals surface area contributed by atoms with Crippen molar-refractivity contribution < 1.29 is 32.2 Å². The Kier molecular flexibility index (Phi) is 4.91. The number of benzene rings is 1. The fraction of sp³-hybridized carbons (Fsp3) is 0.333. The molecule has 0 saturated carbocycles. The first kappa shape index (κ1) is 15.0. The van der Waals surface area contributed by atoms with Crippen LogP contribution in [0.25, 0.3) is 0 Å². The molecule has 0 aliphatic carbocycles. The highest BCUT2D eigenvalue weighted by molar-refractivity contribution is 5.98. The number of carbonyl (C=O) groups is 2. The average molecular weight is 276 g/mol. The van der Waals surface area contributed by atoms with Crippen LogP contribution in [0.15, 0.2) is 12.1 Å². The number of ether oxygens (including phenoxy) is 2. The molecular weight excluding hydrogens is 265 g/mol. The molecule has 104 valence electrons. The summed E-state index contributed by atoms with van der Waals surface area (Å²) in [6.45, 7) is 1.39. The van der Waals surface area contributed by atoms with Gasteiger partial charge in [0.05, 0.1) is 12.7 Å². The maximum atomic E-state index is 13.1. The van der Waals surface area contributed by atoms with Crippen molar-refractivity contribution in [3.8, 4) is 5.75 Å². The molecule has 1 atom stereocenters. The van der Waals surface area contributed by atoms with E-state index in [1.807, 2.05) is 0 Å². The Morgan fingerprint density at radius 2 is 1.95 bits per heavy atom. The van der Waals surface area contributed by atoms with Gasteiger partial charge in [-0.25, -0.2) is 18.4 Å². The molecule has 0 aliphatic rings. The quantitative estimate of drug-likeness (QED) is 0.626. The molecule has 0 heterocycles. The molecule has 0 amide bonds. The van der Waals surface area contributed by atoms with Gasteiger partial charge >= 0.3 is 11.9 Å².